The maximum atomic E-state index is 13.5. The van der Waals surface area contributed by atoms with Gasteiger partial charge in [0.1, 0.15) is 12.2 Å². The van der Waals surface area contributed by atoms with Gasteiger partial charge in [0, 0.05) is 43.7 Å². The summed E-state index contributed by atoms with van der Waals surface area (Å²) < 4.78 is 30.3. The predicted molar refractivity (Wildman–Crippen MR) is 132 cm³/mol. The second-order valence-corrected chi connectivity index (χ2v) is 8.31. The van der Waals surface area contributed by atoms with Gasteiger partial charge >= 0.3 is 6.09 Å². The molecule has 37 heavy (non-hydrogen) atoms. The van der Waals surface area contributed by atoms with Gasteiger partial charge in [-0.2, -0.15) is 14.6 Å². The number of halogens is 1. The monoisotopic (exact) mass is 510 g/mol. The number of anilines is 1. The van der Waals surface area contributed by atoms with Gasteiger partial charge in [0.15, 0.2) is 0 Å². The van der Waals surface area contributed by atoms with E-state index in [0.717, 1.165) is 25.1 Å². The van der Waals surface area contributed by atoms with Crippen molar-refractivity contribution < 1.29 is 27.9 Å². The SMILES string of the molecule is CCOC(=O)N(CCC1CCCO1)c1c(C(=O)c2ccc(F)nc2)oc2ncc(C(=N)CN=NC)cc12. The smallest absolute Gasteiger partial charge is 0.414 e. The Bertz CT molecular complexity index is 1320. The molecule has 1 amide bonds. The summed E-state index contributed by atoms with van der Waals surface area (Å²) in [5.74, 6) is -1.52. The number of furan rings is 1. The Balaban J connectivity index is 1.84. The molecule has 12 heteroatoms. The summed E-state index contributed by atoms with van der Waals surface area (Å²) in [4.78, 5) is 35.9. The molecule has 3 aromatic heterocycles. The fraction of sp³-hybridized carbons (Fsp3) is 0.400. The lowest BCUT2D eigenvalue weighted by atomic mass is 10.1. The molecule has 0 spiro atoms. The van der Waals surface area contributed by atoms with Crippen LogP contribution in [0.3, 0.4) is 0 Å². The molecule has 1 fully saturated rings. The van der Waals surface area contributed by atoms with Crippen LogP contribution in [0.5, 0.6) is 0 Å². The number of nitrogens with zero attached hydrogens (tertiary/aromatic N) is 5. The number of pyridine rings is 2. The quantitative estimate of drug-likeness (QED) is 0.182. The van der Waals surface area contributed by atoms with Crippen molar-refractivity contribution in [3.05, 3.63) is 53.4 Å². The molecule has 1 N–H and O–H groups in total. The molecular weight excluding hydrogens is 483 g/mol. The first-order valence-corrected chi connectivity index (χ1v) is 11.9. The third kappa shape index (κ3) is 5.85. The van der Waals surface area contributed by atoms with Crippen molar-refractivity contribution in [1.29, 1.82) is 5.41 Å². The number of nitrogens with one attached hydrogen (secondary N) is 1. The van der Waals surface area contributed by atoms with Crippen molar-refractivity contribution in [1.82, 2.24) is 9.97 Å². The summed E-state index contributed by atoms with van der Waals surface area (Å²) in [7, 11) is 1.51. The van der Waals surface area contributed by atoms with E-state index in [2.05, 4.69) is 20.2 Å². The van der Waals surface area contributed by atoms with Gasteiger partial charge in [0.2, 0.25) is 23.2 Å². The average Bonchev–Trinajstić information content (AvgIpc) is 3.55. The Hall–Kier alpha value is -4.06. The lowest BCUT2D eigenvalue weighted by molar-refractivity contribution is 0.101. The predicted octanol–water partition coefficient (Wildman–Crippen LogP) is 4.57. The van der Waals surface area contributed by atoms with Gasteiger partial charge in [-0.25, -0.2) is 14.8 Å². The van der Waals surface area contributed by atoms with Crippen LogP contribution < -0.4 is 4.90 Å². The molecule has 0 aromatic carbocycles. The Morgan fingerprint density at radius 3 is 2.76 bits per heavy atom. The van der Waals surface area contributed by atoms with Crippen LogP contribution in [0.2, 0.25) is 0 Å². The minimum Gasteiger partial charge on any atom is -0.449 e. The highest BCUT2D eigenvalue weighted by molar-refractivity contribution is 6.17. The first-order valence-electron chi connectivity index (χ1n) is 11.9. The van der Waals surface area contributed by atoms with Crippen LogP contribution in [0.4, 0.5) is 14.9 Å². The van der Waals surface area contributed by atoms with E-state index in [1.165, 1.54) is 24.2 Å². The molecule has 194 valence electrons. The van der Waals surface area contributed by atoms with Crippen molar-refractivity contribution >= 4 is 34.4 Å². The van der Waals surface area contributed by atoms with Gasteiger partial charge in [0.25, 0.3) is 0 Å². The molecule has 11 nitrogen and oxygen atoms in total. The normalized spacial score (nSPS) is 15.4. The molecule has 0 saturated carbocycles. The zero-order valence-corrected chi connectivity index (χ0v) is 20.6. The number of hydrogen-bond acceptors (Lipinski definition) is 10. The zero-order valence-electron chi connectivity index (χ0n) is 20.6. The molecule has 1 saturated heterocycles. The Labute approximate surface area is 212 Å². The van der Waals surface area contributed by atoms with E-state index in [1.54, 1.807) is 13.0 Å². The first-order chi connectivity index (χ1) is 17.9. The van der Waals surface area contributed by atoms with Crippen LogP contribution in [-0.2, 0) is 9.47 Å². The lowest BCUT2D eigenvalue weighted by Crippen LogP contribution is -2.35. The third-order valence-corrected chi connectivity index (χ3v) is 5.89. The molecule has 4 rings (SSSR count). The summed E-state index contributed by atoms with van der Waals surface area (Å²) >= 11 is 0. The number of rotatable bonds is 10. The summed E-state index contributed by atoms with van der Waals surface area (Å²) in [6.07, 6.45) is 4.14. The number of fused-ring (bicyclic) bond motifs is 1. The summed E-state index contributed by atoms with van der Waals surface area (Å²) in [5.41, 5.74) is 0.881. The number of ether oxygens (including phenoxy) is 2. The van der Waals surface area contributed by atoms with Crippen LogP contribution >= 0.6 is 0 Å². The number of ketones is 1. The van der Waals surface area contributed by atoms with Crippen molar-refractivity contribution in [3.63, 3.8) is 0 Å². The van der Waals surface area contributed by atoms with Crippen LogP contribution in [-0.4, -0.2) is 67.0 Å². The number of aromatic nitrogens is 2. The molecular formula is C25H27FN6O5. The van der Waals surface area contributed by atoms with E-state index < -0.39 is 17.8 Å². The molecule has 1 aliphatic heterocycles. The van der Waals surface area contributed by atoms with E-state index in [4.69, 9.17) is 19.3 Å². The maximum Gasteiger partial charge on any atom is 0.414 e. The fourth-order valence-corrected chi connectivity index (χ4v) is 4.07. The molecule has 1 aliphatic rings. The maximum absolute atomic E-state index is 13.5. The van der Waals surface area contributed by atoms with Crippen LogP contribution in [0.1, 0.15) is 47.9 Å². The number of azo groups is 1. The Morgan fingerprint density at radius 2 is 2.08 bits per heavy atom. The lowest BCUT2D eigenvalue weighted by Gasteiger charge is -2.23. The highest BCUT2D eigenvalue weighted by Crippen LogP contribution is 2.36. The molecule has 1 unspecified atom stereocenters. The highest BCUT2D eigenvalue weighted by Gasteiger charge is 2.32. The summed E-state index contributed by atoms with van der Waals surface area (Å²) in [6.45, 7) is 2.68. The molecule has 1 atom stereocenters. The van der Waals surface area contributed by atoms with E-state index in [0.29, 0.717) is 24.0 Å². The minimum absolute atomic E-state index is 0.0307. The van der Waals surface area contributed by atoms with Crippen molar-refractivity contribution in [2.24, 2.45) is 10.2 Å². The van der Waals surface area contributed by atoms with Gasteiger partial charge in [-0.05, 0) is 44.4 Å². The van der Waals surface area contributed by atoms with Crippen LogP contribution in [0.25, 0.3) is 11.1 Å². The van der Waals surface area contributed by atoms with Gasteiger partial charge in [-0.3, -0.25) is 9.69 Å². The van der Waals surface area contributed by atoms with Crippen molar-refractivity contribution in [2.45, 2.75) is 32.3 Å². The second-order valence-electron chi connectivity index (χ2n) is 8.31. The van der Waals surface area contributed by atoms with Gasteiger partial charge in [-0.15, -0.1) is 0 Å². The number of carbonyl (C=O) groups is 2. The van der Waals surface area contributed by atoms with Gasteiger partial charge in [-0.1, -0.05) is 0 Å². The van der Waals surface area contributed by atoms with E-state index in [-0.39, 0.29) is 54.2 Å². The highest BCUT2D eigenvalue weighted by atomic mass is 19.1. The Kier molecular flexibility index (Phi) is 8.29. The van der Waals surface area contributed by atoms with Crippen LogP contribution in [0.15, 0.2) is 45.2 Å². The topological polar surface area (TPSA) is 143 Å². The third-order valence-electron chi connectivity index (χ3n) is 5.89. The standard InChI is InChI=1S/C25H27FN6O5/c1-3-35-25(34)32(9-8-17-5-4-10-36-17)21-18-11-16(19(27)14-31-28-2)13-30-24(18)37-23(21)22(33)15-6-7-20(26)29-12-15/h6-7,11-13,17,27H,3-5,8-10,14H2,1-2H3. The van der Waals surface area contributed by atoms with E-state index in [9.17, 15) is 14.0 Å². The number of carbonyl (C=O) groups excluding carboxylic acids is 2. The first kappa shape index (κ1) is 26.0. The molecule has 3 aromatic rings. The molecule has 0 aliphatic carbocycles. The molecule has 0 bridgehead atoms. The van der Waals surface area contributed by atoms with Crippen molar-refractivity contribution in [3.8, 4) is 0 Å². The van der Waals surface area contributed by atoms with Crippen LogP contribution in [0, 0.1) is 11.4 Å². The summed E-state index contributed by atoms with van der Waals surface area (Å²) in [6, 6.07) is 3.97. The minimum atomic E-state index is -0.736. The van der Waals surface area contributed by atoms with Gasteiger partial charge in [0.05, 0.1) is 23.8 Å². The van der Waals surface area contributed by atoms with E-state index >= 15 is 0 Å². The van der Waals surface area contributed by atoms with Gasteiger partial charge < -0.3 is 19.3 Å². The largest absolute Gasteiger partial charge is 0.449 e. The number of hydrogen-bond donors (Lipinski definition) is 1. The summed E-state index contributed by atoms with van der Waals surface area (Å²) in [5, 5.41) is 16.2. The second kappa shape index (κ2) is 11.8. The number of amides is 1. The molecule has 4 heterocycles. The zero-order chi connectivity index (χ0) is 26.4. The average molecular weight is 511 g/mol. The van der Waals surface area contributed by atoms with E-state index in [1.807, 2.05) is 0 Å². The fourth-order valence-electron chi connectivity index (χ4n) is 4.07. The van der Waals surface area contributed by atoms with Crippen molar-refractivity contribution in [2.75, 3.05) is 38.3 Å². The Morgan fingerprint density at radius 1 is 1.27 bits per heavy atom. The molecule has 0 radical (unpaired) electrons.